The lowest BCUT2D eigenvalue weighted by Gasteiger charge is -2.33. The fraction of sp³-hybridized carbons (Fsp3) is 0.533. The van der Waals surface area contributed by atoms with E-state index in [4.69, 9.17) is 17.3 Å². The Hall–Kier alpha value is -0.770. The summed E-state index contributed by atoms with van der Waals surface area (Å²) in [4.78, 5) is 12.3. The number of nitrogens with one attached hydrogen (secondary N) is 1. The minimum atomic E-state index is -0.682. The highest BCUT2D eigenvalue weighted by Crippen LogP contribution is 2.27. The van der Waals surface area contributed by atoms with Gasteiger partial charge >= 0.3 is 0 Å². The number of benzene rings is 1. The fourth-order valence-corrected chi connectivity index (χ4v) is 2.71. The number of hydrogen-bond acceptors (Lipinski definition) is 2. The highest BCUT2D eigenvalue weighted by Gasteiger charge is 2.35. The van der Waals surface area contributed by atoms with Gasteiger partial charge in [-0.3, -0.25) is 4.79 Å². The quantitative estimate of drug-likeness (QED) is 0.895. The van der Waals surface area contributed by atoms with Crippen LogP contribution < -0.4 is 11.1 Å². The van der Waals surface area contributed by atoms with Gasteiger partial charge in [-0.2, -0.15) is 0 Å². The Labute approximate surface area is 131 Å². The summed E-state index contributed by atoms with van der Waals surface area (Å²) in [6, 6.07) is 7.47. The predicted octanol–water partition coefficient (Wildman–Crippen LogP) is 3.60. The minimum absolute atomic E-state index is 0. The van der Waals surface area contributed by atoms with Crippen LogP contribution in [-0.2, 0) is 4.79 Å². The highest BCUT2D eigenvalue weighted by molar-refractivity contribution is 6.30. The van der Waals surface area contributed by atoms with E-state index in [0.717, 1.165) is 31.2 Å². The first kappa shape index (κ1) is 17.3. The van der Waals surface area contributed by atoms with Crippen molar-refractivity contribution in [3.63, 3.8) is 0 Å². The van der Waals surface area contributed by atoms with Crippen molar-refractivity contribution in [2.45, 2.75) is 50.6 Å². The van der Waals surface area contributed by atoms with Gasteiger partial charge in [-0.1, -0.05) is 43.0 Å². The monoisotopic (exact) mass is 316 g/mol. The maximum Gasteiger partial charge on any atom is 0.240 e. The zero-order valence-corrected chi connectivity index (χ0v) is 13.3. The zero-order chi connectivity index (χ0) is 13.9. The van der Waals surface area contributed by atoms with Gasteiger partial charge in [-0.05, 0) is 37.5 Å². The van der Waals surface area contributed by atoms with Crippen molar-refractivity contribution >= 4 is 29.9 Å². The zero-order valence-electron chi connectivity index (χ0n) is 11.7. The maximum atomic E-state index is 12.3. The Kier molecular flexibility index (Phi) is 6.31. The van der Waals surface area contributed by atoms with Crippen molar-refractivity contribution in [2.75, 3.05) is 0 Å². The second kappa shape index (κ2) is 7.30. The Morgan fingerprint density at radius 2 is 1.80 bits per heavy atom. The van der Waals surface area contributed by atoms with E-state index in [9.17, 15) is 4.79 Å². The summed E-state index contributed by atoms with van der Waals surface area (Å²) in [7, 11) is 0. The van der Waals surface area contributed by atoms with Gasteiger partial charge in [0.15, 0.2) is 0 Å². The lowest BCUT2D eigenvalue weighted by atomic mass is 9.81. The Bertz CT molecular complexity index is 442. The van der Waals surface area contributed by atoms with Crippen LogP contribution in [0.3, 0.4) is 0 Å². The lowest BCUT2D eigenvalue weighted by molar-refractivity contribution is -0.128. The summed E-state index contributed by atoms with van der Waals surface area (Å²) in [5.74, 6) is -0.0327. The van der Waals surface area contributed by atoms with E-state index >= 15 is 0 Å². The molecule has 1 saturated carbocycles. The minimum Gasteiger partial charge on any atom is -0.348 e. The summed E-state index contributed by atoms with van der Waals surface area (Å²) in [5, 5.41) is 3.72. The smallest absolute Gasteiger partial charge is 0.240 e. The number of rotatable bonds is 3. The molecule has 1 aliphatic rings. The van der Waals surface area contributed by atoms with Crippen LogP contribution in [0.4, 0.5) is 0 Å². The molecule has 3 nitrogen and oxygen atoms in total. The van der Waals surface area contributed by atoms with Crippen LogP contribution in [0, 0.1) is 0 Å². The third kappa shape index (κ3) is 4.11. The molecule has 1 amide bonds. The summed E-state index contributed by atoms with van der Waals surface area (Å²) in [6.45, 7) is 1.97. The van der Waals surface area contributed by atoms with Crippen LogP contribution in [0.5, 0.6) is 0 Å². The third-order valence-electron chi connectivity index (χ3n) is 3.92. The molecule has 1 aromatic rings. The van der Waals surface area contributed by atoms with Gasteiger partial charge in [0.1, 0.15) is 0 Å². The van der Waals surface area contributed by atoms with Crippen molar-refractivity contribution in [3.05, 3.63) is 34.9 Å². The van der Waals surface area contributed by atoms with Gasteiger partial charge in [0.25, 0.3) is 0 Å². The maximum absolute atomic E-state index is 12.3. The van der Waals surface area contributed by atoms with Crippen LogP contribution in [0.25, 0.3) is 0 Å². The average molecular weight is 317 g/mol. The second-order valence-corrected chi connectivity index (χ2v) is 5.90. The van der Waals surface area contributed by atoms with Crippen molar-refractivity contribution < 1.29 is 4.79 Å². The van der Waals surface area contributed by atoms with E-state index in [2.05, 4.69) is 5.32 Å². The summed E-state index contributed by atoms with van der Waals surface area (Å²) < 4.78 is 0. The first-order chi connectivity index (χ1) is 9.01. The number of carbonyl (C=O) groups is 1. The average Bonchev–Trinajstić information content (AvgIpc) is 2.40. The summed E-state index contributed by atoms with van der Waals surface area (Å²) in [5.41, 5.74) is 6.58. The second-order valence-electron chi connectivity index (χ2n) is 5.46. The topological polar surface area (TPSA) is 55.1 Å². The first-order valence-corrected chi connectivity index (χ1v) is 7.24. The molecule has 2 rings (SSSR count). The Morgan fingerprint density at radius 3 is 2.35 bits per heavy atom. The normalized spacial score (nSPS) is 18.8. The molecule has 1 fully saturated rings. The molecule has 1 aliphatic carbocycles. The van der Waals surface area contributed by atoms with Crippen LogP contribution in [-0.4, -0.2) is 11.4 Å². The molecule has 0 spiro atoms. The first-order valence-electron chi connectivity index (χ1n) is 6.86. The molecule has 5 heteroatoms. The third-order valence-corrected chi connectivity index (χ3v) is 4.17. The molecule has 0 heterocycles. The molecule has 1 unspecified atom stereocenters. The van der Waals surface area contributed by atoms with E-state index in [-0.39, 0.29) is 24.4 Å². The summed E-state index contributed by atoms with van der Waals surface area (Å²) >= 11 is 5.86. The van der Waals surface area contributed by atoms with Crippen molar-refractivity contribution in [2.24, 2.45) is 5.73 Å². The number of nitrogens with two attached hydrogens (primary N) is 1. The van der Waals surface area contributed by atoms with Gasteiger partial charge < -0.3 is 11.1 Å². The van der Waals surface area contributed by atoms with Gasteiger partial charge in [0, 0.05) is 5.02 Å². The van der Waals surface area contributed by atoms with E-state index in [1.54, 1.807) is 0 Å². The van der Waals surface area contributed by atoms with E-state index in [0.29, 0.717) is 5.02 Å². The fourth-order valence-electron chi connectivity index (χ4n) is 2.58. The van der Waals surface area contributed by atoms with Crippen LogP contribution in [0.1, 0.15) is 50.6 Å². The Morgan fingerprint density at radius 1 is 1.25 bits per heavy atom. The number of halogens is 2. The highest BCUT2D eigenvalue weighted by atomic mass is 35.5. The largest absolute Gasteiger partial charge is 0.348 e. The molecule has 20 heavy (non-hydrogen) atoms. The SMILES string of the molecule is CC(NC(=O)C1(N)CCCCC1)c1ccc(Cl)cc1.Cl. The van der Waals surface area contributed by atoms with Crippen LogP contribution >= 0.6 is 24.0 Å². The van der Waals surface area contributed by atoms with Gasteiger partial charge in [0.2, 0.25) is 5.91 Å². The molecular weight excluding hydrogens is 295 g/mol. The van der Waals surface area contributed by atoms with Gasteiger partial charge in [-0.15, -0.1) is 12.4 Å². The molecule has 0 saturated heterocycles. The number of hydrogen-bond donors (Lipinski definition) is 2. The number of carbonyl (C=O) groups excluding carboxylic acids is 1. The molecule has 0 radical (unpaired) electrons. The number of amides is 1. The van der Waals surface area contributed by atoms with Gasteiger partial charge in [-0.25, -0.2) is 0 Å². The molecule has 0 aromatic heterocycles. The molecule has 1 aromatic carbocycles. The molecule has 1 atom stereocenters. The molecule has 112 valence electrons. The van der Waals surface area contributed by atoms with E-state index < -0.39 is 5.54 Å². The van der Waals surface area contributed by atoms with Crippen molar-refractivity contribution in [1.82, 2.24) is 5.32 Å². The Balaban J connectivity index is 0.00000200. The van der Waals surface area contributed by atoms with Gasteiger partial charge in [0.05, 0.1) is 11.6 Å². The molecule has 3 N–H and O–H groups in total. The van der Waals surface area contributed by atoms with Crippen LogP contribution in [0.15, 0.2) is 24.3 Å². The van der Waals surface area contributed by atoms with Crippen molar-refractivity contribution in [3.8, 4) is 0 Å². The molecule has 0 aliphatic heterocycles. The van der Waals surface area contributed by atoms with Crippen molar-refractivity contribution in [1.29, 1.82) is 0 Å². The molecular formula is C15H22Cl2N2O. The van der Waals surface area contributed by atoms with E-state index in [1.165, 1.54) is 6.42 Å². The lowest BCUT2D eigenvalue weighted by Crippen LogP contribution is -2.55. The summed E-state index contributed by atoms with van der Waals surface area (Å²) in [6.07, 6.45) is 4.83. The van der Waals surface area contributed by atoms with E-state index in [1.807, 2.05) is 31.2 Å². The standard InChI is InChI=1S/C15H21ClN2O.ClH/c1-11(12-5-7-13(16)8-6-12)18-14(19)15(17)9-3-2-4-10-15;/h5-8,11H,2-4,9-10,17H2,1H3,(H,18,19);1H. The predicted molar refractivity (Wildman–Crippen MR) is 85.3 cm³/mol. The molecule has 0 bridgehead atoms. The van der Waals surface area contributed by atoms with Crippen LogP contribution in [0.2, 0.25) is 5.02 Å².